The predicted octanol–water partition coefficient (Wildman–Crippen LogP) is 3.49. The number of hydrogen-bond acceptors (Lipinski definition) is 3. The molecule has 0 unspecified atom stereocenters. The fourth-order valence-corrected chi connectivity index (χ4v) is 2.28. The highest BCUT2D eigenvalue weighted by Crippen LogP contribution is 2.26. The van der Waals surface area contributed by atoms with Crippen LogP contribution in [0.25, 0.3) is 0 Å². The van der Waals surface area contributed by atoms with Crippen LogP contribution in [0.5, 0.6) is 5.75 Å². The number of ketones is 1. The fourth-order valence-electron chi connectivity index (χ4n) is 2.11. The average molecular weight is 293 g/mol. The van der Waals surface area contributed by atoms with Gasteiger partial charge in [-0.2, -0.15) is 5.10 Å². The Morgan fingerprint density at radius 3 is 2.85 bits per heavy atom. The van der Waals surface area contributed by atoms with Gasteiger partial charge in [0.1, 0.15) is 0 Å². The monoisotopic (exact) mass is 292 g/mol. The number of nitrogens with zero attached hydrogens (tertiary/aromatic N) is 2. The average Bonchev–Trinajstić information content (AvgIpc) is 2.84. The zero-order valence-electron chi connectivity index (χ0n) is 11.8. The van der Waals surface area contributed by atoms with E-state index in [1.54, 1.807) is 29.1 Å². The number of aromatic nitrogens is 2. The Morgan fingerprint density at radius 2 is 2.20 bits per heavy atom. The van der Waals surface area contributed by atoms with Crippen molar-refractivity contribution in [2.24, 2.45) is 0 Å². The molecule has 20 heavy (non-hydrogen) atoms. The van der Waals surface area contributed by atoms with Gasteiger partial charge in [0.25, 0.3) is 0 Å². The third-order valence-electron chi connectivity index (χ3n) is 3.19. The molecular weight excluding hydrogens is 276 g/mol. The Kier molecular flexibility index (Phi) is 4.45. The van der Waals surface area contributed by atoms with Crippen molar-refractivity contribution in [1.29, 1.82) is 0 Å². The van der Waals surface area contributed by atoms with Gasteiger partial charge in [-0.05, 0) is 25.0 Å². The van der Waals surface area contributed by atoms with Crippen molar-refractivity contribution in [3.8, 4) is 5.75 Å². The van der Waals surface area contributed by atoms with Crippen LogP contribution in [0, 0.1) is 6.92 Å². The van der Waals surface area contributed by atoms with Crippen LogP contribution in [-0.4, -0.2) is 22.7 Å². The molecule has 2 aromatic rings. The second-order valence-corrected chi connectivity index (χ2v) is 4.93. The Bertz CT molecular complexity index is 635. The summed E-state index contributed by atoms with van der Waals surface area (Å²) in [5.41, 5.74) is 1.82. The number of methoxy groups -OCH3 is 1. The van der Waals surface area contributed by atoms with E-state index in [4.69, 9.17) is 16.3 Å². The number of rotatable bonds is 5. The minimum Gasteiger partial charge on any atom is -0.493 e. The molecule has 0 radical (unpaired) electrons. The fraction of sp³-hybridized carbons (Fsp3) is 0.333. The van der Waals surface area contributed by atoms with Gasteiger partial charge in [0, 0.05) is 17.1 Å². The molecule has 0 spiro atoms. The highest BCUT2D eigenvalue weighted by atomic mass is 35.5. The lowest BCUT2D eigenvalue weighted by molar-refractivity contribution is 0.102. The van der Waals surface area contributed by atoms with Crippen LogP contribution >= 0.6 is 11.6 Å². The van der Waals surface area contributed by atoms with Crippen molar-refractivity contribution in [3.05, 3.63) is 46.2 Å². The van der Waals surface area contributed by atoms with E-state index < -0.39 is 0 Å². The molecule has 0 bridgehead atoms. The second-order valence-electron chi connectivity index (χ2n) is 4.53. The lowest BCUT2D eigenvalue weighted by Gasteiger charge is -2.10. The summed E-state index contributed by atoms with van der Waals surface area (Å²) < 4.78 is 6.93. The Balaban J connectivity index is 2.52. The van der Waals surface area contributed by atoms with E-state index in [9.17, 15) is 4.79 Å². The van der Waals surface area contributed by atoms with Crippen LogP contribution in [0.3, 0.4) is 0 Å². The second kappa shape index (κ2) is 6.09. The third-order valence-corrected chi connectivity index (χ3v) is 3.60. The summed E-state index contributed by atoms with van der Waals surface area (Å²) in [6.45, 7) is 4.54. The maximum Gasteiger partial charge on any atom is 0.215 e. The molecule has 0 N–H and O–H groups in total. The van der Waals surface area contributed by atoms with Gasteiger partial charge in [0.15, 0.2) is 11.4 Å². The first-order valence-corrected chi connectivity index (χ1v) is 6.87. The first-order chi connectivity index (χ1) is 9.60. The lowest BCUT2D eigenvalue weighted by Crippen LogP contribution is -2.13. The molecule has 5 heteroatoms. The van der Waals surface area contributed by atoms with E-state index in [0.717, 1.165) is 12.0 Å². The Hall–Kier alpha value is -1.81. The highest BCUT2D eigenvalue weighted by molar-refractivity contribution is 6.32. The summed E-state index contributed by atoms with van der Waals surface area (Å²) in [6, 6.07) is 5.32. The molecule has 4 nitrogen and oxygen atoms in total. The van der Waals surface area contributed by atoms with Crippen LogP contribution in [0.4, 0.5) is 0 Å². The van der Waals surface area contributed by atoms with Gasteiger partial charge in [-0.3, -0.25) is 9.48 Å². The minimum atomic E-state index is -0.118. The smallest absolute Gasteiger partial charge is 0.215 e. The molecule has 0 amide bonds. The molecule has 1 aromatic carbocycles. The standard InChI is InChI=1S/C15H17ClN2O2/c1-4-8-18-14(13(20-3)9-17-18)15(19)11-6-5-7-12(16)10(11)2/h5-7,9H,4,8H2,1-3H3. The maximum atomic E-state index is 12.8. The number of halogens is 1. The molecule has 0 aliphatic heterocycles. The van der Waals surface area contributed by atoms with Crippen LogP contribution in [0.1, 0.15) is 35.0 Å². The third kappa shape index (κ3) is 2.56. The molecule has 106 valence electrons. The molecule has 0 aliphatic carbocycles. The van der Waals surface area contributed by atoms with Crippen LogP contribution < -0.4 is 4.74 Å². The van der Waals surface area contributed by atoms with Crippen molar-refractivity contribution >= 4 is 17.4 Å². The number of carbonyl (C=O) groups excluding carboxylic acids is 1. The van der Waals surface area contributed by atoms with Gasteiger partial charge < -0.3 is 4.74 Å². The highest BCUT2D eigenvalue weighted by Gasteiger charge is 2.22. The molecule has 0 saturated carbocycles. The first-order valence-electron chi connectivity index (χ1n) is 6.49. The van der Waals surface area contributed by atoms with E-state index in [1.165, 1.54) is 7.11 Å². The molecule has 1 aromatic heterocycles. The lowest BCUT2D eigenvalue weighted by atomic mass is 10.0. The number of benzene rings is 1. The van der Waals surface area contributed by atoms with Crippen LogP contribution in [0.15, 0.2) is 24.4 Å². The van der Waals surface area contributed by atoms with E-state index in [0.29, 0.717) is 28.6 Å². The predicted molar refractivity (Wildman–Crippen MR) is 78.7 cm³/mol. The molecule has 0 atom stereocenters. The van der Waals surface area contributed by atoms with Gasteiger partial charge in [0.2, 0.25) is 5.78 Å². The van der Waals surface area contributed by atoms with Crippen LogP contribution in [-0.2, 0) is 6.54 Å². The Labute approximate surface area is 123 Å². The molecule has 2 rings (SSSR count). The zero-order valence-corrected chi connectivity index (χ0v) is 12.6. The SMILES string of the molecule is CCCn1ncc(OC)c1C(=O)c1cccc(Cl)c1C. The van der Waals surface area contributed by atoms with E-state index in [2.05, 4.69) is 5.10 Å². The van der Waals surface area contributed by atoms with Gasteiger partial charge in [-0.25, -0.2) is 0 Å². The van der Waals surface area contributed by atoms with Crippen LogP contribution in [0.2, 0.25) is 5.02 Å². The zero-order chi connectivity index (χ0) is 14.7. The van der Waals surface area contributed by atoms with E-state index >= 15 is 0 Å². The number of aryl methyl sites for hydroxylation is 1. The maximum absolute atomic E-state index is 12.8. The minimum absolute atomic E-state index is 0.118. The van der Waals surface area contributed by atoms with Crippen molar-refractivity contribution in [2.75, 3.05) is 7.11 Å². The van der Waals surface area contributed by atoms with Gasteiger partial charge in [-0.1, -0.05) is 30.7 Å². The number of carbonyl (C=O) groups is 1. The molecule has 1 heterocycles. The quantitative estimate of drug-likeness (QED) is 0.792. The van der Waals surface area contributed by atoms with Crippen molar-refractivity contribution < 1.29 is 9.53 Å². The summed E-state index contributed by atoms with van der Waals surface area (Å²) in [4.78, 5) is 12.8. The Morgan fingerprint density at radius 1 is 1.45 bits per heavy atom. The first kappa shape index (κ1) is 14.6. The molecular formula is C15H17ClN2O2. The number of ether oxygens (including phenoxy) is 1. The van der Waals surface area contributed by atoms with E-state index in [-0.39, 0.29) is 5.78 Å². The molecule has 0 aliphatic rings. The summed E-state index contributed by atoms with van der Waals surface area (Å²) in [6.07, 6.45) is 2.46. The molecule has 0 fully saturated rings. The topological polar surface area (TPSA) is 44.1 Å². The number of hydrogen-bond donors (Lipinski definition) is 0. The largest absolute Gasteiger partial charge is 0.493 e. The summed E-state index contributed by atoms with van der Waals surface area (Å²) in [7, 11) is 1.54. The van der Waals surface area contributed by atoms with Crippen molar-refractivity contribution in [1.82, 2.24) is 9.78 Å². The molecule has 0 saturated heterocycles. The van der Waals surface area contributed by atoms with Gasteiger partial charge >= 0.3 is 0 Å². The summed E-state index contributed by atoms with van der Waals surface area (Å²) >= 11 is 6.09. The van der Waals surface area contributed by atoms with Gasteiger partial charge in [0.05, 0.1) is 13.3 Å². The summed E-state index contributed by atoms with van der Waals surface area (Å²) in [5.74, 6) is 0.371. The van der Waals surface area contributed by atoms with Crippen molar-refractivity contribution in [2.45, 2.75) is 26.8 Å². The van der Waals surface area contributed by atoms with E-state index in [1.807, 2.05) is 13.8 Å². The van der Waals surface area contributed by atoms with Gasteiger partial charge in [-0.15, -0.1) is 0 Å². The normalized spacial score (nSPS) is 10.6. The van der Waals surface area contributed by atoms with Crippen molar-refractivity contribution in [3.63, 3.8) is 0 Å². The summed E-state index contributed by atoms with van der Waals surface area (Å²) in [5, 5.41) is 4.79.